The van der Waals surface area contributed by atoms with Crippen LogP contribution >= 0.6 is 0 Å². The molecule has 1 aromatic heterocycles. The summed E-state index contributed by atoms with van der Waals surface area (Å²) in [6, 6.07) is 45.4. The first-order valence-corrected chi connectivity index (χ1v) is 12.3. The lowest BCUT2D eigenvalue weighted by Crippen LogP contribution is -1.97. The van der Waals surface area contributed by atoms with Crippen molar-refractivity contribution in [3.05, 3.63) is 133 Å². The summed E-state index contributed by atoms with van der Waals surface area (Å²) in [4.78, 5) is 5.04. The van der Waals surface area contributed by atoms with Gasteiger partial charge in [0.15, 0.2) is 0 Å². The fourth-order valence-corrected chi connectivity index (χ4v) is 5.33. The summed E-state index contributed by atoms with van der Waals surface area (Å²) in [5.74, 6) is 0.956. The molecule has 6 aromatic carbocycles. The number of hydrogen-bond donors (Lipinski definition) is 0. The van der Waals surface area contributed by atoms with Gasteiger partial charge in [-0.05, 0) is 81.6 Å². The lowest BCUT2D eigenvalue weighted by atomic mass is 9.94. The molecule has 0 saturated heterocycles. The molecule has 0 saturated carbocycles. The Morgan fingerprint density at radius 1 is 0.556 bits per heavy atom. The van der Waals surface area contributed by atoms with E-state index >= 15 is 0 Å². The minimum absolute atomic E-state index is 0.956. The number of nitrogens with zero attached hydrogens (tertiary/aromatic N) is 2. The van der Waals surface area contributed by atoms with Gasteiger partial charge in [0.1, 0.15) is 5.82 Å². The highest BCUT2D eigenvalue weighted by Gasteiger charge is 2.15. The molecule has 0 bridgehead atoms. The molecule has 0 atom stereocenters. The van der Waals surface area contributed by atoms with Gasteiger partial charge in [0.05, 0.1) is 11.0 Å². The Balaban J connectivity index is 1.38. The Morgan fingerprint density at radius 3 is 2.11 bits per heavy atom. The predicted molar refractivity (Wildman–Crippen MR) is 152 cm³/mol. The molecule has 7 aromatic rings. The van der Waals surface area contributed by atoms with Gasteiger partial charge in [-0.1, -0.05) is 91.0 Å². The van der Waals surface area contributed by atoms with Crippen molar-refractivity contribution in [2.75, 3.05) is 0 Å². The van der Waals surface area contributed by atoms with Crippen molar-refractivity contribution in [2.45, 2.75) is 6.92 Å². The van der Waals surface area contributed by atoms with Crippen molar-refractivity contribution in [3.63, 3.8) is 0 Å². The smallest absolute Gasteiger partial charge is 0.145 e. The molecule has 0 unspecified atom stereocenters. The van der Waals surface area contributed by atoms with Crippen LogP contribution in [-0.4, -0.2) is 9.55 Å². The van der Waals surface area contributed by atoms with Gasteiger partial charge in [-0.2, -0.15) is 0 Å². The highest BCUT2D eigenvalue weighted by Crippen LogP contribution is 2.34. The van der Waals surface area contributed by atoms with Crippen molar-refractivity contribution in [2.24, 2.45) is 0 Å². The van der Waals surface area contributed by atoms with Crippen LogP contribution in [0.15, 0.2) is 127 Å². The van der Waals surface area contributed by atoms with Crippen LogP contribution in [0.3, 0.4) is 0 Å². The molecule has 0 fully saturated rings. The molecule has 2 nitrogen and oxygen atoms in total. The summed E-state index contributed by atoms with van der Waals surface area (Å²) in [5.41, 5.74) is 8.15. The Hall–Kier alpha value is -4.69. The minimum Gasteiger partial charge on any atom is -0.292 e. The molecule has 0 aliphatic rings. The monoisotopic (exact) mass is 460 g/mol. The van der Waals surface area contributed by atoms with Gasteiger partial charge in [0.2, 0.25) is 0 Å². The van der Waals surface area contributed by atoms with E-state index < -0.39 is 0 Å². The van der Waals surface area contributed by atoms with Crippen LogP contribution < -0.4 is 0 Å². The summed E-state index contributed by atoms with van der Waals surface area (Å²) >= 11 is 0. The third-order valence-corrected chi connectivity index (χ3v) is 7.12. The molecule has 7 rings (SSSR count). The van der Waals surface area contributed by atoms with Crippen LogP contribution in [0.1, 0.15) is 5.56 Å². The van der Waals surface area contributed by atoms with Gasteiger partial charge in [-0.15, -0.1) is 0 Å². The second-order valence-corrected chi connectivity index (χ2v) is 9.35. The van der Waals surface area contributed by atoms with Crippen LogP contribution in [0, 0.1) is 6.92 Å². The average Bonchev–Trinajstić information content (AvgIpc) is 3.33. The molecule has 170 valence electrons. The zero-order valence-electron chi connectivity index (χ0n) is 20.0. The lowest BCUT2D eigenvalue weighted by molar-refractivity contribution is 1.10. The third-order valence-electron chi connectivity index (χ3n) is 7.12. The third kappa shape index (κ3) is 3.30. The standard InChI is InChI=1S/C34H24N2/c1-23-9-7-14-31-29(23)12-8-13-30(31)26-19-17-25-22-27(20-18-24(25)21-26)34-35-32-15-5-6-16-33(32)36(34)28-10-3-2-4-11-28/h2-22H,1H3. The first-order valence-electron chi connectivity index (χ1n) is 12.3. The number of aromatic nitrogens is 2. The maximum atomic E-state index is 5.04. The van der Waals surface area contributed by atoms with E-state index in [0.29, 0.717) is 0 Å². The topological polar surface area (TPSA) is 17.8 Å². The molecule has 0 N–H and O–H groups in total. The second-order valence-electron chi connectivity index (χ2n) is 9.35. The molecular formula is C34H24N2. The second kappa shape index (κ2) is 8.21. The predicted octanol–water partition coefficient (Wildman–Crippen LogP) is 8.97. The maximum absolute atomic E-state index is 5.04. The molecule has 0 radical (unpaired) electrons. The van der Waals surface area contributed by atoms with E-state index in [1.165, 1.54) is 38.2 Å². The summed E-state index contributed by atoms with van der Waals surface area (Å²) in [6.45, 7) is 2.18. The fraction of sp³-hybridized carbons (Fsp3) is 0.0294. The fourth-order valence-electron chi connectivity index (χ4n) is 5.33. The molecule has 2 heteroatoms. The number of hydrogen-bond acceptors (Lipinski definition) is 1. The van der Waals surface area contributed by atoms with E-state index in [4.69, 9.17) is 4.98 Å². The highest BCUT2D eigenvalue weighted by atomic mass is 15.1. The average molecular weight is 461 g/mol. The van der Waals surface area contributed by atoms with Crippen LogP contribution in [0.4, 0.5) is 0 Å². The Bertz CT molecular complexity index is 1890. The minimum atomic E-state index is 0.956. The molecular weight excluding hydrogens is 436 g/mol. The molecule has 0 amide bonds. The van der Waals surface area contributed by atoms with Crippen LogP contribution in [0.25, 0.3) is 60.8 Å². The largest absolute Gasteiger partial charge is 0.292 e. The van der Waals surface area contributed by atoms with E-state index in [1.54, 1.807) is 0 Å². The number of benzene rings is 6. The number of imidazole rings is 1. The highest BCUT2D eigenvalue weighted by molar-refractivity contribution is 6.00. The Morgan fingerprint density at radius 2 is 1.25 bits per heavy atom. The van der Waals surface area contributed by atoms with Crippen LogP contribution in [-0.2, 0) is 0 Å². The van der Waals surface area contributed by atoms with Crippen molar-refractivity contribution < 1.29 is 0 Å². The van der Waals surface area contributed by atoms with Crippen molar-refractivity contribution >= 4 is 32.6 Å². The Labute approximate surface area is 210 Å². The van der Waals surface area contributed by atoms with E-state index in [0.717, 1.165) is 28.1 Å². The van der Waals surface area contributed by atoms with Crippen LogP contribution in [0.5, 0.6) is 0 Å². The van der Waals surface area contributed by atoms with Gasteiger partial charge in [0, 0.05) is 11.3 Å². The normalized spacial score (nSPS) is 11.5. The molecule has 36 heavy (non-hydrogen) atoms. The van der Waals surface area contributed by atoms with Crippen molar-refractivity contribution in [3.8, 4) is 28.2 Å². The molecule has 0 spiro atoms. The number of fused-ring (bicyclic) bond motifs is 3. The maximum Gasteiger partial charge on any atom is 0.145 e. The van der Waals surface area contributed by atoms with Gasteiger partial charge in [-0.25, -0.2) is 4.98 Å². The summed E-state index contributed by atoms with van der Waals surface area (Å²) in [7, 11) is 0. The first kappa shape index (κ1) is 20.7. The van der Waals surface area contributed by atoms with Gasteiger partial charge in [0.25, 0.3) is 0 Å². The van der Waals surface area contributed by atoms with Crippen LogP contribution in [0.2, 0.25) is 0 Å². The van der Waals surface area contributed by atoms with Crippen molar-refractivity contribution in [1.82, 2.24) is 9.55 Å². The Kier molecular flexibility index (Phi) is 4.71. The number of para-hydroxylation sites is 3. The van der Waals surface area contributed by atoms with Crippen molar-refractivity contribution in [1.29, 1.82) is 0 Å². The van der Waals surface area contributed by atoms with E-state index in [1.807, 2.05) is 12.1 Å². The quantitative estimate of drug-likeness (QED) is 0.257. The van der Waals surface area contributed by atoms with Gasteiger partial charge < -0.3 is 0 Å². The van der Waals surface area contributed by atoms with E-state index in [-0.39, 0.29) is 0 Å². The number of rotatable bonds is 3. The number of aryl methyl sites for hydroxylation is 1. The summed E-state index contributed by atoms with van der Waals surface area (Å²) in [6.07, 6.45) is 0. The summed E-state index contributed by atoms with van der Waals surface area (Å²) in [5, 5.41) is 5.04. The molecule has 0 aliphatic carbocycles. The van der Waals surface area contributed by atoms with Gasteiger partial charge in [-0.3, -0.25) is 4.57 Å². The van der Waals surface area contributed by atoms with E-state index in [2.05, 4.69) is 127 Å². The molecule has 1 heterocycles. The summed E-state index contributed by atoms with van der Waals surface area (Å²) < 4.78 is 2.25. The first-order chi connectivity index (χ1) is 17.8. The molecule has 0 aliphatic heterocycles. The van der Waals surface area contributed by atoms with Gasteiger partial charge >= 0.3 is 0 Å². The zero-order valence-corrected chi connectivity index (χ0v) is 20.0. The zero-order chi connectivity index (χ0) is 24.1. The lowest BCUT2D eigenvalue weighted by Gasteiger charge is -2.12. The van der Waals surface area contributed by atoms with E-state index in [9.17, 15) is 0 Å². The SMILES string of the molecule is Cc1cccc2c(-c3ccc4cc(-c5nc6ccccc6n5-c5ccccc5)ccc4c3)cccc12.